The average molecular weight is 367 g/mol. The Morgan fingerprint density at radius 2 is 1.78 bits per heavy atom. The predicted molar refractivity (Wildman–Crippen MR) is 98.7 cm³/mol. The van der Waals surface area contributed by atoms with E-state index >= 15 is 0 Å². The first-order chi connectivity index (χ1) is 13.0. The Morgan fingerprint density at radius 3 is 2.52 bits per heavy atom. The molecule has 1 heterocycles. The summed E-state index contributed by atoms with van der Waals surface area (Å²) in [6.07, 6.45) is 0. The second-order valence-corrected chi connectivity index (χ2v) is 5.66. The molecule has 0 aliphatic carbocycles. The van der Waals surface area contributed by atoms with E-state index in [-0.39, 0.29) is 16.7 Å². The minimum absolute atomic E-state index is 0.0240. The number of H-pyrrole nitrogens is 1. The zero-order chi connectivity index (χ0) is 19.4. The van der Waals surface area contributed by atoms with Gasteiger partial charge in [0.1, 0.15) is 17.2 Å². The molecule has 0 spiro atoms. The van der Waals surface area contributed by atoms with Gasteiger partial charge in [0.25, 0.3) is 0 Å². The summed E-state index contributed by atoms with van der Waals surface area (Å²) in [6, 6.07) is 12.7. The van der Waals surface area contributed by atoms with Crippen LogP contribution in [0.1, 0.15) is 20.8 Å². The number of benzene rings is 2. The average Bonchev–Trinajstić information content (AvgIpc) is 2.71. The first-order valence-electron chi connectivity index (χ1n) is 8.08. The highest BCUT2D eigenvalue weighted by atomic mass is 16.5. The smallest absolute Gasteiger partial charge is 0.355 e. The summed E-state index contributed by atoms with van der Waals surface area (Å²) in [6.45, 7) is -0.503. The summed E-state index contributed by atoms with van der Waals surface area (Å²) < 4.78 is 15.3. The molecule has 0 atom stereocenters. The molecular formula is C20H17NO6. The van der Waals surface area contributed by atoms with Crippen LogP contribution in [0, 0.1) is 0 Å². The molecule has 3 rings (SSSR count). The molecule has 1 aromatic heterocycles. The largest absolute Gasteiger partial charge is 0.497 e. The van der Waals surface area contributed by atoms with E-state index in [1.54, 1.807) is 36.4 Å². The van der Waals surface area contributed by atoms with E-state index in [1.807, 2.05) is 0 Å². The van der Waals surface area contributed by atoms with E-state index in [0.29, 0.717) is 22.4 Å². The molecule has 7 nitrogen and oxygen atoms in total. The number of carbonyl (C=O) groups excluding carboxylic acids is 2. The lowest BCUT2D eigenvalue weighted by atomic mass is 10.1. The summed E-state index contributed by atoms with van der Waals surface area (Å²) in [5, 5.41) is 0.464. The van der Waals surface area contributed by atoms with Crippen molar-refractivity contribution in [1.29, 1.82) is 0 Å². The predicted octanol–water partition coefficient (Wildman–Crippen LogP) is 2.58. The molecule has 0 unspecified atom stereocenters. The summed E-state index contributed by atoms with van der Waals surface area (Å²) in [7, 11) is 2.91. The quantitative estimate of drug-likeness (QED) is 0.532. The number of aromatic nitrogens is 1. The summed E-state index contributed by atoms with van der Waals surface area (Å²) in [4.78, 5) is 39.6. The third-order valence-corrected chi connectivity index (χ3v) is 4.00. The van der Waals surface area contributed by atoms with Crippen molar-refractivity contribution in [3.8, 4) is 11.5 Å². The number of hydrogen-bond acceptors (Lipinski definition) is 6. The molecule has 0 amide bonds. The molecule has 3 aromatic rings. The SMILES string of the molecule is COc1ccc(OC)c(C(=O)COC(=O)c2cc(=O)c3ccccc3[nH]2)c1. The number of carbonyl (C=O) groups is 2. The zero-order valence-electron chi connectivity index (χ0n) is 14.8. The van der Waals surface area contributed by atoms with Crippen LogP contribution < -0.4 is 14.9 Å². The molecule has 0 aliphatic heterocycles. The summed E-state index contributed by atoms with van der Waals surface area (Å²) in [5.41, 5.74) is 0.413. The number of Topliss-reactive ketones (excluding diaryl/α,β-unsaturated/α-hetero) is 1. The van der Waals surface area contributed by atoms with Gasteiger partial charge in [-0.15, -0.1) is 0 Å². The normalized spacial score (nSPS) is 10.4. The molecule has 0 saturated carbocycles. The minimum Gasteiger partial charge on any atom is -0.497 e. The highest BCUT2D eigenvalue weighted by Gasteiger charge is 2.17. The van der Waals surface area contributed by atoms with Crippen LogP contribution in [-0.2, 0) is 4.74 Å². The van der Waals surface area contributed by atoms with E-state index in [0.717, 1.165) is 6.07 Å². The Bertz CT molecular complexity index is 1070. The molecule has 138 valence electrons. The molecule has 7 heteroatoms. The third kappa shape index (κ3) is 3.82. The number of methoxy groups -OCH3 is 2. The number of fused-ring (bicyclic) bond motifs is 1. The van der Waals surface area contributed by atoms with Crippen LogP contribution in [0.25, 0.3) is 10.9 Å². The number of nitrogens with one attached hydrogen (secondary N) is 1. The van der Waals surface area contributed by atoms with Crippen molar-refractivity contribution in [3.63, 3.8) is 0 Å². The molecule has 0 saturated heterocycles. The van der Waals surface area contributed by atoms with E-state index < -0.39 is 18.4 Å². The van der Waals surface area contributed by atoms with Crippen LogP contribution in [0.4, 0.5) is 0 Å². The van der Waals surface area contributed by atoms with Crippen molar-refractivity contribution in [2.45, 2.75) is 0 Å². The van der Waals surface area contributed by atoms with Crippen molar-refractivity contribution in [3.05, 3.63) is 70.0 Å². The maximum absolute atomic E-state index is 12.4. The highest BCUT2D eigenvalue weighted by Crippen LogP contribution is 2.24. The van der Waals surface area contributed by atoms with Crippen molar-refractivity contribution in [2.75, 3.05) is 20.8 Å². The van der Waals surface area contributed by atoms with E-state index in [2.05, 4.69) is 4.98 Å². The first kappa shape index (κ1) is 18.2. The first-order valence-corrected chi connectivity index (χ1v) is 8.08. The Balaban J connectivity index is 1.78. The van der Waals surface area contributed by atoms with Crippen LogP contribution in [-0.4, -0.2) is 37.6 Å². The zero-order valence-corrected chi connectivity index (χ0v) is 14.8. The van der Waals surface area contributed by atoms with Gasteiger partial charge in [0.15, 0.2) is 12.0 Å². The third-order valence-electron chi connectivity index (χ3n) is 4.00. The number of ether oxygens (including phenoxy) is 3. The fourth-order valence-corrected chi connectivity index (χ4v) is 2.63. The highest BCUT2D eigenvalue weighted by molar-refractivity contribution is 6.01. The molecule has 1 N–H and O–H groups in total. The fourth-order valence-electron chi connectivity index (χ4n) is 2.63. The van der Waals surface area contributed by atoms with Gasteiger partial charge in [0.2, 0.25) is 5.78 Å². The maximum Gasteiger partial charge on any atom is 0.355 e. The van der Waals surface area contributed by atoms with E-state index in [1.165, 1.54) is 20.3 Å². The molecule has 27 heavy (non-hydrogen) atoms. The van der Waals surface area contributed by atoms with Crippen LogP contribution in [0.5, 0.6) is 11.5 Å². The fraction of sp³-hybridized carbons (Fsp3) is 0.150. The van der Waals surface area contributed by atoms with Crippen LogP contribution in [0.2, 0.25) is 0 Å². The number of hydrogen-bond donors (Lipinski definition) is 1. The maximum atomic E-state index is 12.4. The van der Waals surface area contributed by atoms with Gasteiger partial charge in [0, 0.05) is 17.0 Å². The van der Waals surface area contributed by atoms with Gasteiger partial charge in [0.05, 0.1) is 19.8 Å². The van der Waals surface area contributed by atoms with Crippen LogP contribution in [0.15, 0.2) is 53.3 Å². The van der Waals surface area contributed by atoms with Gasteiger partial charge in [-0.3, -0.25) is 9.59 Å². The number of esters is 1. The molecule has 2 aromatic carbocycles. The van der Waals surface area contributed by atoms with Gasteiger partial charge < -0.3 is 19.2 Å². The minimum atomic E-state index is -0.798. The van der Waals surface area contributed by atoms with Crippen LogP contribution >= 0.6 is 0 Å². The topological polar surface area (TPSA) is 94.7 Å². The lowest BCUT2D eigenvalue weighted by molar-refractivity contribution is 0.0468. The summed E-state index contributed by atoms with van der Waals surface area (Å²) in [5.74, 6) is -0.435. The second-order valence-electron chi connectivity index (χ2n) is 5.66. The van der Waals surface area contributed by atoms with Gasteiger partial charge >= 0.3 is 5.97 Å². The van der Waals surface area contributed by atoms with Crippen molar-refractivity contribution in [2.24, 2.45) is 0 Å². The van der Waals surface area contributed by atoms with Crippen molar-refractivity contribution < 1.29 is 23.8 Å². The Morgan fingerprint density at radius 1 is 1.00 bits per heavy atom. The van der Waals surface area contributed by atoms with Crippen LogP contribution in [0.3, 0.4) is 0 Å². The Labute approximate surface area is 154 Å². The standard InChI is InChI=1S/C20H17NO6/c1-25-12-7-8-19(26-2)14(9-12)18(23)11-27-20(24)16-10-17(22)13-5-3-4-6-15(13)21-16/h3-10H,11H2,1-2H3,(H,21,22). The summed E-state index contributed by atoms with van der Waals surface area (Å²) >= 11 is 0. The molecule has 0 radical (unpaired) electrons. The molecule has 0 aliphatic rings. The lowest BCUT2D eigenvalue weighted by Gasteiger charge is -2.10. The molecule has 0 fully saturated rings. The van der Waals surface area contributed by atoms with Crippen molar-refractivity contribution >= 4 is 22.7 Å². The number of rotatable bonds is 6. The van der Waals surface area contributed by atoms with Crippen molar-refractivity contribution in [1.82, 2.24) is 4.98 Å². The number of pyridine rings is 1. The number of para-hydroxylation sites is 1. The van der Waals surface area contributed by atoms with E-state index in [9.17, 15) is 14.4 Å². The van der Waals surface area contributed by atoms with Gasteiger partial charge in [-0.2, -0.15) is 0 Å². The van der Waals surface area contributed by atoms with E-state index in [4.69, 9.17) is 14.2 Å². The van der Waals surface area contributed by atoms with Gasteiger partial charge in [-0.25, -0.2) is 4.79 Å². The Hall–Kier alpha value is -3.61. The lowest BCUT2D eigenvalue weighted by Crippen LogP contribution is -2.17. The van der Waals surface area contributed by atoms with Gasteiger partial charge in [-0.1, -0.05) is 12.1 Å². The Kier molecular flexibility index (Phi) is 5.21. The monoisotopic (exact) mass is 367 g/mol. The molecular weight excluding hydrogens is 350 g/mol. The second kappa shape index (κ2) is 7.74. The molecule has 0 bridgehead atoms. The number of ketones is 1. The van der Waals surface area contributed by atoms with Gasteiger partial charge in [-0.05, 0) is 30.3 Å². The number of aromatic amines is 1.